The first-order valence-corrected chi connectivity index (χ1v) is 10.3. The lowest BCUT2D eigenvalue weighted by Gasteiger charge is -2.09. The third-order valence-electron chi connectivity index (χ3n) is 4.44. The molecule has 0 atom stereocenters. The highest BCUT2D eigenvalue weighted by atomic mass is 35.5. The molecule has 0 aliphatic rings. The number of benzene rings is 2. The maximum absolute atomic E-state index is 12.9. The molecule has 0 unspecified atom stereocenters. The number of carbonyl (C=O) groups excluding carboxylic acids is 1. The molecule has 10 heteroatoms. The Labute approximate surface area is 172 Å². The van der Waals surface area contributed by atoms with Crippen LogP contribution in [0.15, 0.2) is 58.2 Å². The fraction of sp³-hybridized carbons (Fsp3) is 0.158. The van der Waals surface area contributed by atoms with Gasteiger partial charge in [-0.15, -0.1) is 0 Å². The average Bonchev–Trinajstić information content (AvgIpc) is 2.91. The number of esters is 1. The normalized spacial score (nSPS) is 11.3. The highest BCUT2D eigenvalue weighted by Crippen LogP contribution is 2.24. The zero-order chi connectivity index (χ0) is 21.3. The van der Waals surface area contributed by atoms with Crippen LogP contribution in [0.25, 0.3) is 5.69 Å². The van der Waals surface area contributed by atoms with E-state index in [4.69, 9.17) is 11.6 Å². The summed E-state index contributed by atoms with van der Waals surface area (Å²) in [4.78, 5) is 24.5. The van der Waals surface area contributed by atoms with Crippen LogP contribution in [0.2, 0.25) is 5.02 Å². The van der Waals surface area contributed by atoms with Crippen molar-refractivity contribution in [2.24, 2.45) is 7.05 Å². The Morgan fingerprint density at radius 3 is 2.41 bits per heavy atom. The SMILES string of the molecule is COC(=O)c1cc(S(=O)(=O)Nc2c(C)n(C)n(-c3ccccc3)c2=O)ccc1Cl. The lowest BCUT2D eigenvalue weighted by Crippen LogP contribution is -2.23. The first-order chi connectivity index (χ1) is 13.7. The van der Waals surface area contributed by atoms with E-state index in [0.29, 0.717) is 11.4 Å². The Hall–Kier alpha value is -3.04. The largest absolute Gasteiger partial charge is 0.465 e. The van der Waals surface area contributed by atoms with E-state index < -0.39 is 21.6 Å². The molecule has 0 bridgehead atoms. The molecule has 0 fully saturated rings. The van der Waals surface area contributed by atoms with Crippen molar-refractivity contribution in [3.05, 3.63) is 75.2 Å². The van der Waals surface area contributed by atoms with Gasteiger partial charge in [0.15, 0.2) is 0 Å². The van der Waals surface area contributed by atoms with Crippen molar-refractivity contribution in [2.75, 3.05) is 11.8 Å². The van der Waals surface area contributed by atoms with E-state index in [2.05, 4.69) is 9.46 Å². The molecule has 0 radical (unpaired) electrons. The average molecular weight is 436 g/mol. The summed E-state index contributed by atoms with van der Waals surface area (Å²) in [5.74, 6) is -0.769. The molecule has 1 N–H and O–H groups in total. The Morgan fingerprint density at radius 2 is 1.79 bits per heavy atom. The molecular weight excluding hydrogens is 418 g/mol. The first kappa shape index (κ1) is 20.7. The van der Waals surface area contributed by atoms with E-state index in [1.807, 2.05) is 6.07 Å². The van der Waals surface area contributed by atoms with Crippen molar-refractivity contribution in [3.8, 4) is 5.69 Å². The summed E-state index contributed by atoms with van der Waals surface area (Å²) >= 11 is 5.95. The van der Waals surface area contributed by atoms with Crippen LogP contribution in [0.4, 0.5) is 5.69 Å². The van der Waals surface area contributed by atoms with Gasteiger partial charge in [-0.1, -0.05) is 29.8 Å². The minimum atomic E-state index is -4.17. The molecule has 29 heavy (non-hydrogen) atoms. The Bertz CT molecular complexity index is 1250. The molecule has 1 heterocycles. The number of nitrogens with one attached hydrogen (secondary N) is 1. The van der Waals surface area contributed by atoms with Crippen LogP contribution in [0.5, 0.6) is 0 Å². The summed E-state index contributed by atoms with van der Waals surface area (Å²) in [6.45, 7) is 1.63. The van der Waals surface area contributed by atoms with Gasteiger partial charge in [0.2, 0.25) is 0 Å². The Kier molecular flexibility index (Phi) is 5.54. The fourth-order valence-electron chi connectivity index (χ4n) is 2.82. The van der Waals surface area contributed by atoms with Gasteiger partial charge in [0.25, 0.3) is 15.6 Å². The van der Waals surface area contributed by atoms with E-state index in [0.717, 1.165) is 13.2 Å². The molecule has 3 aromatic rings. The molecule has 0 aliphatic carbocycles. The smallest absolute Gasteiger partial charge is 0.339 e. The van der Waals surface area contributed by atoms with Crippen LogP contribution in [0, 0.1) is 6.92 Å². The van der Waals surface area contributed by atoms with E-state index in [1.54, 1.807) is 42.9 Å². The maximum Gasteiger partial charge on any atom is 0.339 e. The molecule has 0 spiro atoms. The van der Waals surface area contributed by atoms with Crippen LogP contribution < -0.4 is 10.3 Å². The number of hydrogen-bond acceptors (Lipinski definition) is 5. The molecule has 152 valence electrons. The minimum Gasteiger partial charge on any atom is -0.465 e. The maximum atomic E-state index is 12.9. The molecule has 8 nitrogen and oxygen atoms in total. The summed E-state index contributed by atoms with van der Waals surface area (Å²) < 4.78 is 35.6. The minimum absolute atomic E-state index is 0.0538. The van der Waals surface area contributed by atoms with Crippen LogP contribution in [-0.2, 0) is 21.8 Å². The second kappa shape index (κ2) is 7.76. The summed E-state index contributed by atoms with van der Waals surface area (Å²) in [5.41, 5.74) is 0.300. The molecule has 1 aromatic heterocycles. The Morgan fingerprint density at radius 1 is 1.14 bits per heavy atom. The van der Waals surface area contributed by atoms with Crippen molar-refractivity contribution >= 4 is 33.3 Å². The molecule has 0 amide bonds. The van der Waals surface area contributed by atoms with Crippen molar-refractivity contribution < 1.29 is 17.9 Å². The van der Waals surface area contributed by atoms with Gasteiger partial charge in [-0.3, -0.25) is 14.2 Å². The number of methoxy groups -OCH3 is 1. The van der Waals surface area contributed by atoms with Crippen LogP contribution in [0.3, 0.4) is 0 Å². The highest BCUT2D eigenvalue weighted by molar-refractivity contribution is 7.92. The summed E-state index contributed by atoms with van der Waals surface area (Å²) in [5, 5.41) is 0.0538. The number of aromatic nitrogens is 2. The van der Waals surface area contributed by atoms with Gasteiger partial charge in [0.1, 0.15) is 5.69 Å². The number of rotatable bonds is 5. The fourth-order valence-corrected chi connectivity index (χ4v) is 4.15. The summed E-state index contributed by atoms with van der Waals surface area (Å²) in [7, 11) is -1.35. The van der Waals surface area contributed by atoms with Gasteiger partial charge in [0.05, 0.1) is 34.0 Å². The van der Waals surface area contributed by atoms with Crippen molar-refractivity contribution in [1.29, 1.82) is 0 Å². The van der Waals surface area contributed by atoms with E-state index in [9.17, 15) is 18.0 Å². The zero-order valence-corrected chi connectivity index (χ0v) is 17.4. The van der Waals surface area contributed by atoms with Crippen molar-refractivity contribution in [2.45, 2.75) is 11.8 Å². The Balaban J connectivity index is 2.07. The number of ether oxygens (including phenoxy) is 1. The molecule has 0 saturated heterocycles. The molecule has 3 rings (SSSR count). The summed E-state index contributed by atoms with van der Waals surface area (Å²) in [6.07, 6.45) is 0. The molecule has 0 saturated carbocycles. The van der Waals surface area contributed by atoms with Crippen LogP contribution >= 0.6 is 11.6 Å². The standard InChI is InChI=1S/C19H18ClN3O5S/c1-12-17(18(24)23(22(12)2)13-7-5-4-6-8-13)21-29(26,27)14-9-10-16(20)15(11-14)19(25)28-3/h4-11,21H,1-3H3. The number of carbonyl (C=O) groups is 1. The lowest BCUT2D eigenvalue weighted by molar-refractivity contribution is 0.0600. The lowest BCUT2D eigenvalue weighted by atomic mass is 10.2. The second-order valence-electron chi connectivity index (χ2n) is 6.18. The van der Waals surface area contributed by atoms with Gasteiger partial charge >= 0.3 is 5.97 Å². The number of para-hydroxylation sites is 1. The number of sulfonamides is 1. The number of hydrogen-bond donors (Lipinski definition) is 1. The van der Waals surface area contributed by atoms with E-state index in [-0.39, 0.29) is 21.2 Å². The zero-order valence-electron chi connectivity index (χ0n) is 15.8. The van der Waals surface area contributed by atoms with Crippen LogP contribution in [-0.4, -0.2) is 30.9 Å². The van der Waals surface area contributed by atoms with E-state index in [1.165, 1.54) is 16.8 Å². The first-order valence-electron chi connectivity index (χ1n) is 8.42. The van der Waals surface area contributed by atoms with Gasteiger partial charge in [-0.05, 0) is 37.3 Å². The third kappa shape index (κ3) is 3.79. The highest BCUT2D eigenvalue weighted by Gasteiger charge is 2.24. The van der Waals surface area contributed by atoms with Crippen LogP contribution in [0.1, 0.15) is 16.1 Å². The predicted molar refractivity (Wildman–Crippen MR) is 109 cm³/mol. The third-order valence-corrected chi connectivity index (χ3v) is 6.12. The molecular formula is C19H18ClN3O5S. The predicted octanol–water partition coefficient (Wildman–Crippen LogP) is 2.73. The quantitative estimate of drug-likeness (QED) is 0.621. The van der Waals surface area contributed by atoms with Gasteiger partial charge in [-0.25, -0.2) is 17.9 Å². The topological polar surface area (TPSA) is 99.4 Å². The van der Waals surface area contributed by atoms with Crippen molar-refractivity contribution in [1.82, 2.24) is 9.36 Å². The monoisotopic (exact) mass is 435 g/mol. The number of halogens is 1. The van der Waals surface area contributed by atoms with Gasteiger partial charge < -0.3 is 4.74 Å². The number of nitrogens with zero attached hydrogens (tertiary/aromatic N) is 2. The van der Waals surface area contributed by atoms with Gasteiger partial charge in [-0.2, -0.15) is 0 Å². The van der Waals surface area contributed by atoms with E-state index >= 15 is 0 Å². The molecule has 2 aromatic carbocycles. The second-order valence-corrected chi connectivity index (χ2v) is 8.26. The van der Waals surface area contributed by atoms with Gasteiger partial charge in [0, 0.05) is 7.05 Å². The number of anilines is 1. The molecule has 0 aliphatic heterocycles. The van der Waals surface area contributed by atoms with Crippen molar-refractivity contribution in [3.63, 3.8) is 0 Å². The summed E-state index contributed by atoms with van der Waals surface area (Å²) in [6, 6.07) is 12.5.